The van der Waals surface area contributed by atoms with Crippen LogP contribution in [0.2, 0.25) is 0 Å². The molecule has 1 aliphatic rings. The number of alkyl halides is 3. The topological polar surface area (TPSA) is 29.5 Å². The molecule has 1 aromatic rings. The third-order valence-corrected chi connectivity index (χ3v) is 2.69. The SMILES string of the molecule is O=C(c1ccc(C(F)(F)F)cc1)N1CCCCO1. The van der Waals surface area contributed by atoms with Crippen LogP contribution in [0.25, 0.3) is 0 Å². The molecule has 6 heteroatoms. The van der Waals surface area contributed by atoms with Gasteiger partial charge in [-0.3, -0.25) is 9.63 Å². The number of rotatable bonds is 1. The zero-order chi connectivity index (χ0) is 13.2. The van der Waals surface area contributed by atoms with E-state index in [0.717, 1.165) is 25.0 Å². The van der Waals surface area contributed by atoms with Crippen LogP contribution in [0.5, 0.6) is 0 Å². The first-order valence-electron chi connectivity index (χ1n) is 5.60. The average Bonchev–Trinajstić information content (AvgIpc) is 2.38. The van der Waals surface area contributed by atoms with E-state index in [4.69, 9.17) is 4.84 Å². The quantitative estimate of drug-likeness (QED) is 0.776. The minimum absolute atomic E-state index is 0.199. The summed E-state index contributed by atoms with van der Waals surface area (Å²) < 4.78 is 37.1. The van der Waals surface area contributed by atoms with Gasteiger partial charge in [0.25, 0.3) is 5.91 Å². The summed E-state index contributed by atoms with van der Waals surface area (Å²) in [5.74, 6) is -0.400. The summed E-state index contributed by atoms with van der Waals surface area (Å²) in [5, 5.41) is 1.20. The van der Waals surface area contributed by atoms with Crippen molar-refractivity contribution in [1.29, 1.82) is 0 Å². The fraction of sp³-hybridized carbons (Fsp3) is 0.417. The first-order valence-corrected chi connectivity index (χ1v) is 5.60. The predicted octanol–water partition coefficient (Wildman–Crippen LogP) is 2.87. The van der Waals surface area contributed by atoms with Gasteiger partial charge in [0.15, 0.2) is 0 Å². The highest BCUT2D eigenvalue weighted by Gasteiger charge is 2.30. The van der Waals surface area contributed by atoms with Gasteiger partial charge in [-0.1, -0.05) is 0 Å². The highest BCUT2D eigenvalue weighted by molar-refractivity contribution is 5.93. The molecule has 18 heavy (non-hydrogen) atoms. The molecule has 1 amide bonds. The van der Waals surface area contributed by atoms with Crippen molar-refractivity contribution in [2.45, 2.75) is 19.0 Å². The molecule has 1 aromatic carbocycles. The van der Waals surface area contributed by atoms with Crippen LogP contribution >= 0.6 is 0 Å². The number of carbonyl (C=O) groups is 1. The van der Waals surface area contributed by atoms with Crippen molar-refractivity contribution >= 4 is 5.91 Å². The Hall–Kier alpha value is -1.56. The first-order chi connectivity index (χ1) is 8.48. The molecule has 0 aliphatic carbocycles. The minimum atomic E-state index is -4.39. The summed E-state index contributed by atoms with van der Waals surface area (Å²) in [7, 11) is 0. The maximum Gasteiger partial charge on any atom is 0.416 e. The molecule has 0 bridgehead atoms. The van der Waals surface area contributed by atoms with Crippen LogP contribution in [-0.4, -0.2) is 24.1 Å². The Labute approximate surface area is 102 Å². The third kappa shape index (κ3) is 2.81. The van der Waals surface area contributed by atoms with Gasteiger partial charge in [-0.15, -0.1) is 0 Å². The fourth-order valence-corrected chi connectivity index (χ4v) is 1.70. The molecular weight excluding hydrogens is 247 g/mol. The van der Waals surface area contributed by atoms with Crippen molar-refractivity contribution in [1.82, 2.24) is 5.06 Å². The molecule has 0 radical (unpaired) electrons. The molecule has 1 fully saturated rings. The van der Waals surface area contributed by atoms with Crippen LogP contribution in [0, 0.1) is 0 Å². The summed E-state index contributed by atoms with van der Waals surface area (Å²) in [5.41, 5.74) is -0.566. The minimum Gasteiger partial charge on any atom is -0.271 e. The molecule has 98 valence electrons. The van der Waals surface area contributed by atoms with E-state index in [1.165, 1.54) is 17.2 Å². The Morgan fingerprint density at radius 1 is 1.17 bits per heavy atom. The van der Waals surface area contributed by atoms with E-state index < -0.39 is 17.6 Å². The summed E-state index contributed by atoms with van der Waals surface area (Å²) in [4.78, 5) is 17.0. The van der Waals surface area contributed by atoms with Gasteiger partial charge in [-0.2, -0.15) is 13.2 Å². The Morgan fingerprint density at radius 2 is 1.83 bits per heavy atom. The number of amides is 1. The molecule has 1 heterocycles. The molecule has 0 unspecified atom stereocenters. The molecule has 3 nitrogen and oxygen atoms in total. The van der Waals surface area contributed by atoms with Crippen LogP contribution in [0.1, 0.15) is 28.8 Å². The summed E-state index contributed by atoms with van der Waals surface area (Å²) >= 11 is 0. The first kappa shape index (κ1) is 12.9. The summed E-state index contributed by atoms with van der Waals surface area (Å²) in [6.07, 6.45) is -2.66. The zero-order valence-electron chi connectivity index (χ0n) is 9.54. The Bertz CT molecular complexity index is 422. The van der Waals surface area contributed by atoms with Crippen LogP contribution in [0.15, 0.2) is 24.3 Å². The van der Waals surface area contributed by atoms with Gasteiger partial charge >= 0.3 is 6.18 Å². The van der Waals surface area contributed by atoms with E-state index in [2.05, 4.69) is 0 Å². The Balaban J connectivity index is 2.11. The van der Waals surface area contributed by atoms with Crippen molar-refractivity contribution in [3.8, 4) is 0 Å². The van der Waals surface area contributed by atoms with Gasteiger partial charge in [0, 0.05) is 12.1 Å². The average molecular weight is 259 g/mol. The molecule has 1 aliphatic heterocycles. The lowest BCUT2D eigenvalue weighted by atomic mass is 10.1. The lowest BCUT2D eigenvalue weighted by molar-refractivity contribution is -0.144. The molecule has 2 rings (SSSR count). The largest absolute Gasteiger partial charge is 0.416 e. The number of hydrogen-bond acceptors (Lipinski definition) is 2. The van der Waals surface area contributed by atoms with E-state index in [1.54, 1.807) is 0 Å². The Morgan fingerprint density at radius 3 is 2.33 bits per heavy atom. The highest BCUT2D eigenvalue weighted by Crippen LogP contribution is 2.29. The number of benzene rings is 1. The van der Waals surface area contributed by atoms with Crippen LogP contribution in [0.4, 0.5) is 13.2 Å². The van der Waals surface area contributed by atoms with E-state index in [9.17, 15) is 18.0 Å². The number of hydrogen-bond donors (Lipinski definition) is 0. The maximum atomic E-state index is 12.4. The monoisotopic (exact) mass is 259 g/mol. The van der Waals surface area contributed by atoms with Crippen LogP contribution in [-0.2, 0) is 11.0 Å². The summed E-state index contributed by atoms with van der Waals surface area (Å²) in [6.45, 7) is 0.937. The van der Waals surface area contributed by atoms with Crippen LogP contribution in [0.3, 0.4) is 0 Å². The zero-order valence-corrected chi connectivity index (χ0v) is 9.54. The van der Waals surface area contributed by atoms with E-state index in [-0.39, 0.29) is 5.56 Å². The van der Waals surface area contributed by atoms with Gasteiger partial charge in [-0.05, 0) is 37.1 Å². The van der Waals surface area contributed by atoms with E-state index >= 15 is 0 Å². The molecular formula is C12H12F3NO2. The predicted molar refractivity (Wildman–Crippen MR) is 57.7 cm³/mol. The number of carbonyl (C=O) groups excluding carboxylic acids is 1. The van der Waals surface area contributed by atoms with E-state index in [0.29, 0.717) is 13.2 Å². The van der Waals surface area contributed by atoms with Crippen molar-refractivity contribution in [3.63, 3.8) is 0 Å². The molecule has 0 spiro atoms. The number of hydroxylamine groups is 2. The smallest absolute Gasteiger partial charge is 0.271 e. The molecule has 0 N–H and O–H groups in total. The maximum absolute atomic E-state index is 12.4. The van der Waals surface area contributed by atoms with Crippen molar-refractivity contribution in [2.24, 2.45) is 0 Å². The lowest BCUT2D eigenvalue weighted by Gasteiger charge is -2.25. The third-order valence-electron chi connectivity index (χ3n) is 2.69. The normalized spacial score (nSPS) is 16.7. The van der Waals surface area contributed by atoms with Crippen molar-refractivity contribution < 1.29 is 22.8 Å². The number of nitrogens with zero attached hydrogens (tertiary/aromatic N) is 1. The van der Waals surface area contributed by atoms with Gasteiger partial charge in [-0.25, -0.2) is 5.06 Å². The van der Waals surface area contributed by atoms with Crippen molar-refractivity contribution in [3.05, 3.63) is 35.4 Å². The number of halogens is 3. The molecule has 0 aromatic heterocycles. The van der Waals surface area contributed by atoms with Gasteiger partial charge in [0.2, 0.25) is 0 Å². The summed E-state index contributed by atoms with van der Waals surface area (Å²) in [6, 6.07) is 4.14. The van der Waals surface area contributed by atoms with Gasteiger partial charge in [0.1, 0.15) is 0 Å². The Kier molecular flexibility index (Phi) is 3.56. The second-order valence-corrected chi connectivity index (χ2v) is 4.02. The molecule has 1 saturated heterocycles. The fourth-order valence-electron chi connectivity index (χ4n) is 1.70. The van der Waals surface area contributed by atoms with E-state index in [1.807, 2.05) is 0 Å². The molecule has 0 saturated carbocycles. The van der Waals surface area contributed by atoms with Crippen molar-refractivity contribution in [2.75, 3.05) is 13.2 Å². The second-order valence-electron chi connectivity index (χ2n) is 4.02. The van der Waals surface area contributed by atoms with Gasteiger partial charge < -0.3 is 0 Å². The van der Waals surface area contributed by atoms with Gasteiger partial charge in [0.05, 0.1) is 12.2 Å². The van der Waals surface area contributed by atoms with Crippen LogP contribution < -0.4 is 0 Å². The highest BCUT2D eigenvalue weighted by atomic mass is 19.4. The lowest BCUT2D eigenvalue weighted by Crippen LogP contribution is -2.35. The molecule has 0 atom stereocenters. The second kappa shape index (κ2) is 4.97. The standard InChI is InChI=1S/C12H12F3NO2/c13-12(14,15)10-5-3-9(4-6-10)11(17)16-7-1-2-8-18-16/h3-6H,1-2,7-8H2.